The molecule has 2 N–H and O–H groups in total. The van der Waals surface area contributed by atoms with Crippen molar-refractivity contribution in [2.75, 3.05) is 5.32 Å². The summed E-state index contributed by atoms with van der Waals surface area (Å²) in [7, 11) is 0. The van der Waals surface area contributed by atoms with Gasteiger partial charge in [-0.2, -0.15) is 0 Å². The summed E-state index contributed by atoms with van der Waals surface area (Å²) in [6, 6.07) is 6.23. The van der Waals surface area contributed by atoms with Gasteiger partial charge in [-0.1, -0.05) is 19.1 Å². The van der Waals surface area contributed by atoms with Crippen LogP contribution in [0.2, 0.25) is 0 Å². The first-order chi connectivity index (χ1) is 10.5. The zero-order chi connectivity index (χ0) is 15.7. The monoisotopic (exact) mass is 301 g/mol. The minimum absolute atomic E-state index is 0.0208. The van der Waals surface area contributed by atoms with E-state index in [9.17, 15) is 14.0 Å². The van der Waals surface area contributed by atoms with E-state index in [2.05, 4.69) is 15.6 Å². The molecule has 2 heterocycles. The van der Waals surface area contributed by atoms with Crippen molar-refractivity contribution in [1.29, 1.82) is 0 Å². The van der Waals surface area contributed by atoms with Gasteiger partial charge in [0.1, 0.15) is 11.3 Å². The summed E-state index contributed by atoms with van der Waals surface area (Å²) >= 11 is 0. The van der Waals surface area contributed by atoms with Gasteiger partial charge in [0.05, 0.1) is 17.8 Å². The molecule has 1 fully saturated rings. The maximum Gasteiger partial charge on any atom is 0.229 e. The van der Waals surface area contributed by atoms with E-state index in [-0.39, 0.29) is 29.3 Å². The van der Waals surface area contributed by atoms with Gasteiger partial charge in [-0.25, -0.2) is 4.39 Å². The summed E-state index contributed by atoms with van der Waals surface area (Å²) in [6.07, 6.45) is 2.55. The second-order valence-corrected chi connectivity index (χ2v) is 5.53. The highest BCUT2D eigenvalue weighted by atomic mass is 19.1. The molecule has 6 heteroatoms. The van der Waals surface area contributed by atoms with Gasteiger partial charge >= 0.3 is 0 Å². The van der Waals surface area contributed by atoms with Crippen molar-refractivity contribution in [3.8, 4) is 0 Å². The number of anilines is 1. The topological polar surface area (TPSA) is 71.1 Å². The fourth-order valence-corrected chi connectivity index (χ4v) is 2.64. The average molecular weight is 301 g/mol. The fourth-order valence-electron chi connectivity index (χ4n) is 2.64. The Labute approximate surface area is 126 Å². The quantitative estimate of drug-likeness (QED) is 0.913. The number of nitrogens with one attached hydrogen (secondary N) is 2. The van der Waals surface area contributed by atoms with Gasteiger partial charge in [0.2, 0.25) is 11.8 Å². The molecule has 22 heavy (non-hydrogen) atoms. The largest absolute Gasteiger partial charge is 0.353 e. The minimum atomic E-state index is -0.391. The molecule has 3 rings (SSSR count). The fraction of sp³-hybridized carbons (Fsp3) is 0.312. The molecule has 2 atom stereocenters. The van der Waals surface area contributed by atoms with Crippen LogP contribution in [0.1, 0.15) is 19.8 Å². The van der Waals surface area contributed by atoms with Crippen LogP contribution in [-0.2, 0) is 9.59 Å². The zero-order valence-electron chi connectivity index (χ0n) is 12.1. The van der Waals surface area contributed by atoms with Crippen molar-refractivity contribution < 1.29 is 14.0 Å². The molecule has 0 aliphatic carbocycles. The molecule has 1 saturated heterocycles. The van der Waals surface area contributed by atoms with E-state index in [0.717, 1.165) is 0 Å². The van der Waals surface area contributed by atoms with Crippen LogP contribution in [0.5, 0.6) is 0 Å². The van der Waals surface area contributed by atoms with Gasteiger partial charge in [-0.3, -0.25) is 14.6 Å². The lowest BCUT2D eigenvalue weighted by Crippen LogP contribution is -2.38. The maximum absolute atomic E-state index is 13.6. The van der Waals surface area contributed by atoms with Crippen LogP contribution in [0.25, 0.3) is 10.9 Å². The number of hydrogen-bond donors (Lipinski definition) is 2. The second kappa shape index (κ2) is 5.71. The van der Waals surface area contributed by atoms with E-state index >= 15 is 0 Å². The lowest BCUT2D eigenvalue weighted by atomic mass is 9.99. The number of fused-ring (bicyclic) bond motifs is 1. The Hall–Kier alpha value is -2.50. The molecule has 5 nitrogen and oxygen atoms in total. The molecular formula is C16H16FN3O2. The number of para-hydroxylation sites is 1. The highest BCUT2D eigenvalue weighted by Gasteiger charge is 2.30. The number of nitrogens with zero attached hydrogens (tertiary/aromatic N) is 1. The summed E-state index contributed by atoms with van der Waals surface area (Å²) in [6.45, 7) is 1.78. The first-order valence-electron chi connectivity index (χ1n) is 7.19. The molecule has 1 aliphatic rings. The van der Waals surface area contributed by atoms with Crippen LogP contribution in [0.3, 0.4) is 0 Å². The third-order valence-electron chi connectivity index (χ3n) is 3.98. The van der Waals surface area contributed by atoms with Crippen LogP contribution in [0.15, 0.2) is 30.5 Å². The predicted octanol–water partition coefficient (Wildman–Crippen LogP) is 2.23. The van der Waals surface area contributed by atoms with Gasteiger partial charge in [0, 0.05) is 17.8 Å². The predicted molar refractivity (Wildman–Crippen MR) is 80.7 cm³/mol. The van der Waals surface area contributed by atoms with E-state index in [0.29, 0.717) is 23.9 Å². The molecule has 2 unspecified atom stereocenters. The maximum atomic E-state index is 13.6. The summed E-state index contributed by atoms with van der Waals surface area (Å²) in [5.41, 5.74) is 0.788. The van der Waals surface area contributed by atoms with Crippen LogP contribution < -0.4 is 10.6 Å². The van der Waals surface area contributed by atoms with Crippen LogP contribution in [0, 0.1) is 11.7 Å². The Balaban J connectivity index is 1.75. The first-order valence-corrected chi connectivity index (χ1v) is 7.19. The molecule has 1 aromatic heterocycles. The van der Waals surface area contributed by atoms with E-state index in [1.54, 1.807) is 25.1 Å². The Morgan fingerprint density at radius 1 is 1.50 bits per heavy atom. The van der Waals surface area contributed by atoms with Gasteiger partial charge < -0.3 is 10.6 Å². The molecule has 1 aromatic carbocycles. The van der Waals surface area contributed by atoms with E-state index < -0.39 is 5.82 Å². The van der Waals surface area contributed by atoms with Crippen LogP contribution >= 0.6 is 0 Å². The highest BCUT2D eigenvalue weighted by Crippen LogP contribution is 2.21. The molecule has 0 bridgehead atoms. The first kappa shape index (κ1) is 14.4. The third-order valence-corrected chi connectivity index (χ3v) is 3.98. The second-order valence-electron chi connectivity index (χ2n) is 5.53. The van der Waals surface area contributed by atoms with Crippen molar-refractivity contribution >= 4 is 28.4 Å². The number of pyridine rings is 1. The number of rotatable bonds is 3. The standard InChI is InChI=1S/C16H16FN3O2/c1-9(13-5-6-14(21)20-13)16(22)19-11-7-10-3-2-4-12(17)15(10)18-8-11/h2-4,7-9,13H,5-6H2,1H3,(H,19,22)(H,20,21). The van der Waals surface area contributed by atoms with E-state index in [4.69, 9.17) is 0 Å². The third kappa shape index (κ3) is 2.77. The van der Waals surface area contributed by atoms with Crippen LogP contribution in [0.4, 0.5) is 10.1 Å². The summed E-state index contributed by atoms with van der Waals surface area (Å²) < 4.78 is 13.6. The van der Waals surface area contributed by atoms with Gasteiger partial charge in [0.25, 0.3) is 0 Å². The SMILES string of the molecule is CC(C(=O)Nc1cnc2c(F)cccc2c1)C1CCC(=O)N1. The average Bonchev–Trinajstić information content (AvgIpc) is 2.93. The number of halogens is 1. The Bertz CT molecular complexity index is 747. The molecule has 114 valence electrons. The zero-order valence-corrected chi connectivity index (χ0v) is 12.1. The molecule has 0 saturated carbocycles. The number of benzene rings is 1. The lowest BCUT2D eigenvalue weighted by Gasteiger charge is -2.18. The van der Waals surface area contributed by atoms with E-state index in [1.165, 1.54) is 12.3 Å². The van der Waals surface area contributed by atoms with Crippen molar-refractivity contribution in [3.05, 3.63) is 36.3 Å². The molecule has 0 radical (unpaired) electrons. The molecule has 2 amide bonds. The Kier molecular flexibility index (Phi) is 3.75. The van der Waals surface area contributed by atoms with Crippen molar-refractivity contribution in [3.63, 3.8) is 0 Å². The van der Waals surface area contributed by atoms with Crippen molar-refractivity contribution in [2.45, 2.75) is 25.8 Å². The lowest BCUT2D eigenvalue weighted by molar-refractivity contribution is -0.121. The van der Waals surface area contributed by atoms with Gasteiger partial charge in [-0.15, -0.1) is 0 Å². The van der Waals surface area contributed by atoms with Crippen molar-refractivity contribution in [2.24, 2.45) is 5.92 Å². The number of aromatic nitrogens is 1. The molecule has 2 aromatic rings. The van der Waals surface area contributed by atoms with E-state index in [1.807, 2.05) is 0 Å². The number of amides is 2. The molecular weight excluding hydrogens is 285 g/mol. The van der Waals surface area contributed by atoms with Gasteiger partial charge in [-0.05, 0) is 18.6 Å². The summed E-state index contributed by atoms with van der Waals surface area (Å²) in [5.74, 6) is -0.940. The highest BCUT2D eigenvalue weighted by molar-refractivity contribution is 5.95. The number of carbonyl (C=O) groups is 2. The van der Waals surface area contributed by atoms with Crippen molar-refractivity contribution in [1.82, 2.24) is 10.3 Å². The van der Waals surface area contributed by atoms with Crippen LogP contribution in [-0.4, -0.2) is 22.8 Å². The summed E-state index contributed by atoms with van der Waals surface area (Å²) in [5, 5.41) is 6.19. The normalized spacial score (nSPS) is 19.0. The smallest absolute Gasteiger partial charge is 0.229 e. The Morgan fingerprint density at radius 3 is 3.05 bits per heavy atom. The number of carbonyl (C=O) groups excluding carboxylic acids is 2. The summed E-state index contributed by atoms with van der Waals surface area (Å²) in [4.78, 5) is 27.5. The molecule has 0 spiro atoms. The molecule has 1 aliphatic heterocycles. The van der Waals surface area contributed by atoms with Gasteiger partial charge in [0.15, 0.2) is 0 Å². The Morgan fingerprint density at radius 2 is 2.32 bits per heavy atom. The minimum Gasteiger partial charge on any atom is -0.353 e. The number of hydrogen-bond acceptors (Lipinski definition) is 3.